The Hall–Kier alpha value is -3.63. The van der Waals surface area contributed by atoms with Gasteiger partial charge in [0.2, 0.25) is 5.88 Å². The molecular formula is C20H16F5N3O3. The fourth-order valence-electron chi connectivity index (χ4n) is 2.56. The average molecular weight is 441 g/mol. The molecule has 0 atom stereocenters. The molecule has 3 aromatic rings. The van der Waals surface area contributed by atoms with Crippen LogP contribution in [0.5, 0.6) is 17.4 Å². The van der Waals surface area contributed by atoms with Gasteiger partial charge in [-0.1, -0.05) is 17.3 Å². The van der Waals surface area contributed by atoms with Crippen LogP contribution in [0.15, 0.2) is 47.6 Å². The van der Waals surface area contributed by atoms with Crippen LogP contribution in [0.2, 0.25) is 0 Å². The molecule has 0 fully saturated rings. The second-order valence-electron chi connectivity index (χ2n) is 6.31. The second-order valence-corrected chi connectivity index (χ2v) is 6.31. The van der Waals surface area contributed by atoms with E-state index in [0.29, 0.717) is 16.8 Å². The van der Waals surface area contributed by atoms with Crippen molar-refractivity contribution < 1.29 is 36.3 Å². The first-order valence-electron chi connectivity index (χ1n) is 8.79. The molecule has 0 amide bonds. The number of hydrogen-bond donors (Lipinski definition) is 0. The van der Waals surface area contributed by atoms with Crippen molar-refractivity contribution in [3.8, 4) is 17.4 Å². The highest BCUT2D eigenvalue weighted by molar-refractivity contribution is 5.84. The van der Waals surface area contributed by atoms with Gasteiger partial charge in [-0.3, -0.25) is 0 Å². The maximum absolute atomic E-state index is 13.4. The predicted octanol–water partition coefficient (Wildman–Crippen LogP) is 5.25. The summed E-state index contributed by atoms with van der Waals surface area (Å²) in [5, 5.41) is 8.02. The summed E-state index contributed by atoms with van der Waals surface area (Å²) in [7, 11) is 1.60. The Balaban J connectivity index is 1.65. The zero-order valence-corrected chi connectivity index (χ0v) is 16.3. The molecule has 3 rings (SSSR count). The molecule has 1 aromatic heterocycles. The summed E-state index contributed by atoms with van der Waals surface area (Å²) in [5.41, 5.74) is 1.55. The molecule has 0 N–H and O–H groups in total. The molecule has 0 aliphatic rings. The summed E-state index contributed by atoms with van der Waals surface area (Å²) in [6.45, 7) is 1.68. The van der Waals surface area contributed by atoms with E-state index in [9.17, 15) is 22.0 Å². The smallest absolute Gasteiger partial charge is 0.438 e. The Labute approximate surface area is 173 Å². The van der Waals surface area contributed by atoms with E-state index in [1.165, 1.54) is 29.1 Å². The van der Waals surface area contributed by atoms with Gasteiger partial charge in [0, 0.05) is 13.1 Å². The van der Waals surface area contributed by atoms with Crippen molar-refractivity contribution in [3.63, 3.8) is 0 Å². The highest BCUT2D eigenvalue weighted by Gasteiger charge is 2.30. The standard InChI is InChI=1S/C20H16F5N3O3/c1-12-16(19(28(2)27-12)30-15-7-8-17(21)18(22)9-15)10-26-29-11-13-3-5-14(6-4-13)31-20(23,24)25/h3-10H,11H2,1-2H3/b26-10+. The Morgan fingerprint density at radius 1 is 1.03 bits per heavy atom. The van der Waals surface area contributed by atoms with Crippen LogP contribution >= 0.6 is 0 Å². The molecule has 0 saturated carbocycles. The summed E-state index contributed by atoms with van der Waals surface area (Å²) < 4.78 is 73.8. The van der Waals surface area contributed by atoms with Crippen molar-refractivity contribution in [2.75, 3.05) is 0 Å². The quantitative estimate of drug-likeness (QED) is 0.286. The molecule has 31 heavy (non-hydrogen) atoms. The van der Waals surface area contributed by atoms with Gasteiger partial charge in [0.1, 0.15) is 18.1 Å². The molecule has 0 unspecified atom stereocenters. The van der Waals surface area contributed by atoms with Crippen LogP contribution in [0, 0.1) is 18.6 Å². The summed E-state index contributed by atoms with van der Waals surface area (Å²) in [6.07, 6.45) is -3.43. The van der Waals surface area contributed by atoms with Gasteiger partial charge >= 0.3 is 6.36 Å². The predicted molar refractivity (Wildman–Crippen MR) is 99.9 cm³/mol. The van der Waals surface area contributed by atoms with E-state index < -0.39 is 18.0 Å². The molecule has 0 aliphatic carbocycles. The van der Waals surface area contributed by atoms with E-state index in [0.717, 1.165) is 24.3 Å². The van der Waals surface area contributed by atoms with E-state index >= 15 is 0 Å². The van der Waals surface area contributed by atoms with Gasteiger partial charge in [-0.15, -0.1) is 13.2 Å². The molecule has 11 heteroatoms. The number of benzene rings is 2. The minimum absolute atomic E-state index is 0.0124. The molecule has 0 radical (unpaired) electrons. The Morgan fingerprint density at radius 3 is 2.35 bits per heavy atom. The highest BCUT2D eigenvalue weighted by Crippen LogP contribution is 2.27. The van der Waals surface area contributed by atoms with E-state index in [2.05, 4.69) is 15.0 Å². The monoisotopic (exact) mass is 441 g/mol. The van der Waals surface area contributed by atoms with Crippen LogP contribution in [-0.4, -0.2) is 22.4 Å². The largest absolute Gasteiger partial charge is 0.573 e. The van der Waals surface area contributed by atoms with Gasteiger partial charge in [0.25, 0.3) is 0 Å². The SMILES string of the molecule is Cc1nn(C)c(Oc2ccc(F)c(F)c2)c1/C=N/OCc1ccc(OC(F)(F)F)cc1. The molecule has 0 bridgehead atoms. The fourth-order valence-corrected chi connectivity index (χ4v) is 2.56. The third-order valence-corrected chi connectivity index (χ3v) is 3.96. The molecule has 1 heterocycles. The average Bonchev–Trinajstić information content (AvgIpc) is 2.95. The number of ether oxygens (including phenoxy) is 2. The van der Waals surface area contributed by atoms with Gasteiger partial charge in [0.15, 0.2) is 11.6 Å². The zero-order valence-electron chi connectivity index (χ0n) is 16.3. The van der Waals surface area contributed by atoms with Crippen molar-refractivity contribution in [1.29, 1.82) is 0 Å². The second kappa shape index (κ2) is 9.02. The topological polar surface area (TPSA) is 57.9 Å². The third kappa shape index (κ3) is 5.93. The van der Waals surface area contributed by atoms with E-state index in [4.69, 9.17) is 9.57 Å². The molecule has 0 aliphatic heterocycles. The zero-order chi connectivity index (χ0) is 22.6. The number of alkyl halides is 3. The van der Waals surface area contributed by atoms with Crippen LogP contribution in [0.1, 0.15) is 16.8 Å². The number of hydrogen-bond acceptors (Lipinski definition) is 5. The number of oxime groups is 1. The van der Waals surface area contributed by atoms with Crippen LogP contribution < -0.4 is 9.47 Å². The first-order valence-corrected chi connectivity index (χ1v) is 8.79. The van der Waals surface area contributed by atoms with Crippen molar-refractivity contribution in [2.24, 2.45) is 12.2 Å². The molecule has 2 aromatic carbocycles. The van der Waals surface area contributed by atoms with Crippen LogP contribution in [0.4, 0.5) is 22.0 Å². The van der Waals surface area contributed by atoms with Crippen LogP contribution in [0.3, 0.4) is 0 Å². The summed E-state index contributed by atoms with van der Waals surface area (Å²) in [6, 6.07) is 8.25. The van der Waals surface area contributed by atoms with Crippen LogP contribution in [-0.2, 0) is 18.5 Å². The Bertz CT molecular complexity index is 1080. The van der Waals surface area contributed by atoms with Crippen molar-refractivity contribution >= 4 is 6.21 Å². The summed E-state index contributed by atoms with van der Waals surface area (Å²) in [4.78, 5) is 5.17. The van der Waals surface area contributed by atoms with Gasteiger partial charge in [0.05, 0.1) is 17.5 Å². The highest BCUT2D eigenvalue weighted by atomic mass is 19.4. The number of halogens is 5. The first-order chi connectivity index (χ1) is 14.6. The minimum Gasteiger partial charge on any atom is -0.438 e. The third-order valence-electron chi connectivity index (χ3n) is 3.96. The number of aryl methyl sites for hydroxylation is 2. The van der Waals surface area contributed by atoms with Gasteiger partial charge in [-0.2, -0.15) is 5.10 Å². The lowest BCUT2D eigenvalue weighted by molar-refractivity contribution is -0.274. The van der Waals surface area contributed by atoms with Crippen molar-refractivity contribution in [2.45, 2.75) is 19.9 Å². The molecule has 0 spiro atoms. The summed E-state index contributed by atoms with van der Waals surface area (Å²) in [5.74, 6) is -2.10. The number of nitrogens with zero attached hydrogens (tertiary/aromatic N) is 3. The fraction of sp³-hybridized carbons (Fsp3) is 0.200. The van der Waals surface area contributed by atoms with Gasteiger partial charge in [-0.25, -0.2) is 13.5 Å². The van der Waals surface area contributed by atoms with E-state index in [1.807, 2.05) is 0 Å². The number of rotatable bonds is 7. The molecule has 0 saturated heterocycles. The molecular weight excluding hydrogens is 425 g/mol. The van der Waals surface area contributed by atoms with Gasteiger partial charge in [-0.05, 0) is 36.8 Å². The lowest BCUT2D eigenvalue weighted by Crippen LogP contribution is -2.17. The Kier molecular flexibility index (Phi) is 6.42. The number of aromatic nitrogens is 2. The molecule has 164 valence electrons. The summed E-state index contributed by atoms with van der Waals surface area (Å²) >= 11 is 0. The minimum atomic E-state index is -4.76. The van der Waals surface area contributed by atoms with Gasteiger partial charge < -0.3 is 14.3 Å². The van der Waals surface area contributed by atoms with Crippen molar-refractivity contribution in [3.05, 3.63) is 70.9 Å². The first kappa shape index (κ1) is 22.1. The maximum atomic E-state index is 13.4. The molecule has 6 nitrogen and oxygen atoms in total. The van der Waals surface area contributed by atoms with E-state index in [1.54, 1.807) is 14.0 Å². The lowest BCUT2D eigenvalue weighted by atomic mass is 10.2. The Morgan fingerprint density at radius 2 is 1.71 bits per heavy atom. The van der Waals surface area contributed by atoms with E-state index in [-0.39, 0.29) is 24.0 Å². The lowest BCUT2D eigenvalue weighted by Gasteiger charge is -2.09. The van der Waals surface area contributed by atoms with Crippen LogP contribution in [0.25, 0.3) is 0 Å². The van der Waals surface area contributed by atoms with Crippen molar-refractivity contribution in [1.82, 2.24) is 9.78 Å². The normalized spacial score (nSPS) is 11.7. The maximum Gasteiger partial charge on any atom is 0.573 e.